The van der Waals surface area contributed by atoms with Gasteiger partial charge in [-0.05, 0) is 56.3 Å². The topological polar surface area (TPSA) is 35.9 Å². The fourth-order valence-corrected chi connectivity index (χ4v) is 4.03. The zero-order chi connectivity index (χ0) is 16.6. The second-order valence-corrected chi connectivity index (χ2v) is 7.14. The van der Waals surface area contributed by atoms with Crippen molar-refractivity contribution in [3.63, 3.8) is 0 Å². The Bertz CT molecular complexity index is 494. The maximum atomic E-state index is 9.33. The first-order valence-electron chi connectivity index (χ1n) is 9.64. The fourth-order valence-electron chi connectivity index (χ4n) is 4.03. The second-order valence-electron chi connectivity index (χ2n) is 7.14. The Morgan fingerprint density at radius 1 is 1.04 bits per heavy atom. The number of hydrogen-bond acceptors (Lipinski definition) is 4. The fraction of sp³-hybridized carbons (Fsp3) is 0.700. The van der Waals surface area contributed by atoms with Crippen molar-refractivity contribution >= 4 is 0 Å². The van der Waals surface area contributed by atoms with Crippen LogP contribution in [0.4, 0.5) is 0 Å². The van der Waals surface area contributed by atoms with Crippen LogP contribution in [0.15, 0.2) is 24.3 Å². The molecule has 1 fully saturated rings. The number of aliphatic hydroxyl groups is 1. The predicted octanol–water partition coefficient (Wildman–Crippen LogP) is 2.55. The molecule has 134 valence electrons. The summed E-state index contributed by atoms with van der Waals surface area (Å²) in [6.45, 7) is 6.19. The van der Waals surface area contributed by atoms with E-state index in [0.29, 0.717) is 6.04 Å². The summed E-state index contributed by atoms with van der Waals surface area (Å²) < 4.78 is 5.92. The molecule has 1 saturated heterocycles. The molecule has 1 aromatic rings. The summed E-state index contributed by atoms with van der Waals surface area (Å²) in [6.07, 6.45) is 7.41. The minimum atomic E-state index is 0.242. The van der Waals surface area contributed by atoms with Crippen molar-refractivity contribution in [1.82, 2.24) is 9.80 Å². The summed E-state index contributed by atoms with van der Waals surface area (Å²) in [5, 5.41) is 9.33. The smallest absolute Gasteiger partial charge is 0.119 e. The van der Waals surface area contributed by atoms with Crippen LogP contribution in [0.25, 0.3) is 0 Å². The van der Waals surface area contributed by atoms with E-state index in [1.807, 2.05) is 0 Å². The van der Waals surface area contributed by atoms with Crippen LogP contribution in [-0.2, 0) is 6.42 Å². The van der Waals surface area contributed by atoms with Crippen LogP contribution in [0.1, 0.15) is 37.7 Å². The molecule has 4 heteroatoms. The third kappa shape index (κ3) is 5.20. The molecular weight excluding hydrogens is 300 g/mol. The van der Waals surface area contributed by atoms with Crippen molar-refractivity contribution < 1.29 is 9.84 Å². The van der Waals surface area contributed by atoms with Crippen molar-refractivity contribution in [2.75, 3.05) is 45.9 Å². The lowest BCUT2D eigenvalue weighted by Gasteiger charge is -2.37. The number of ether oxygens (including phenoxy) is 1. The van der Waals surface area contributed by atoms with Gasteiger partial charge < -0.3 is 9.84 Å². The van der Waals surface area contributed by atoms with Crippen LogP contribution >= 0.6 is 0 Å². The summed E-state index contributed by atoms with van der Waals surface area (Å²) >= 11 is 0. The minimum absolute atomic E-state index is 0.242. The van der Waals surface area contributed by atoms with Gasteiger partial charge in [-0.15, -0.1) is 0 Å². The predicted molar refractivity (Wildman–Crippen MR) is 97.6 cm³/mol. The summed E-state index contributed by atoms with van der Waals surface area (Å²) in [5.74, 6) is 0.999. The van der Waals surface area contributed by atoms with Gasteiger partial charge in [0.25, 0.3) is 0 Å². The Morgan fingerprint density at radius 3 is 2.92 bits per heavy atom. The molecule has 1 aromatic carbocycles. The van der Waals surface area contributed by atoms with E-state index in [2.05, 4.69) is 34.1 Å². The summed E-state index contributed by atoms with van der Waals surface area (Å²) in [5.41, 5.74) is 1.40. The summed E-state index contributed by atoms with van der Waals surface area (Å²) in [4.78, 5) is 5.08. The standard InChI is InChI=1S/C20H32N2O2/c23-15-14-21-10-4-16-24-20-7-3-5-18(17-20)8-9-19-6-1-2-11-22(19)13-12-21/h3,5,7,17,19,23H,1-2,4,6,8-16H2. The molecule has 4 nitrogen and oxygen atoms in total. The first-order valence-corrected chi connectivity index (χ1v) is 9.64. The number of fused-ring (bicyclic) bond motifs is 3. The molecule has 0 amide bonds. The van der Waals surface area contributed by atoms with Crippen LogP contribution in [-0.4, -0.2) is 66.9 Å². The molecule has 1 atom stereocenters. The molecule has 0 radical (unpaired) electrons. The third-order valence-corrected chi connectivity index (χ3v) is 5.42. The Hall–Kier alpha value is -1.10. The van der Waals surface area contributed by atoms with E-state index in [9.17, 15) is 5.11 Å². The molecule has 0 aliphatic carbocycles. The molecule has 0 spiro atoms. The molecule has 24 heavy (non-hydrogen) atoms. The number of rotatable bonds is 2. The molecule has 1 N–H and O–H groups in total. The van der Waals surface area contributed by atoms with Crippen LogP contribution in [0.2, 0.25) is 0 Å². The van der Waals surface area contributed by atoms with Gasteiger partial charge in [-0.3, -0.25) is 9.80 Å². The molecule has 2 aliphatic heterocycles. The minimum Gasteiger partial charge on any atom is -0.494 e. The number of nitrogens with zero attached hydrogens (tertiary/aromatic N) is 2. The first-order chi connectivity index (χ1) is 11.8. The van der Waals surface area contributed by atoms with Crippen molar-refractivity contribution in [2.24, 2.45) is 0 Å². The van der Waals surface area contributed by atoms with Crippen LogP contribution < -0.4 is 4.74 Å². The molecule has 0 aromatic heterocycles. The number of aliphatic hydroxyl groups excluding tert-OH is 1. The highest BCUT2D eigenvalue weighted by molar-refractivity contribution is 5.28. The number of β-amino-alcohol motifs (C(OH)–C–C–N with tert-alkyl or cyclic N) is 1. The van der Waals surface area contributed by atoms with Gasteiger partial charge in [0.1, 0.15) is 5.75 Å². The van der Waals surface area contributed by atoms with Crippen molar-refractivity contribution in [3.05, 3.63) is 29.8 Å². The van der Waals surface area contributed by atoms with Gasteiger partial charge in [-0.1, -0.05) is 18.6 Å². The van der Waals surface area contributed by atoms with Gasteiger partial charge in [0.05, 0.1) is 13.2 Å². The van der Waals surface area contributed by atoms with E-state index in [0.717, 1.165) is 51.4 Å². The van der Waals surface area contributed by atoms with Gasteiger partial charge in [0, 0.05) is 32.2 Å². The summed E-state index contributed by atoms with van der Waals surface area (Å²) in [7, 11) is 0. The van der Waals surface area contributed by atoms with E-state index in [-0.39, 0.29) is 6.61 Å². The lowest BCUT2D eigenvalue weighted by atomic mass is 9.95. The van der Waals surface area contributed by atoms with Gasteiger partial charge >= 0.3 is 0 Å². The number of hydrogen-bond donors (Lipinski definition) is 1. The quantitative estimate of drug-likeness (QED) is 0.903. The van der Waals surface area contributed by atoms with E-state index in [1.165, 1.54) is 37.8 Å². The third-order valence-electron chi connectivity index (χ3n) is 5.42. The van der Waals surface area contributed by atoms with Crippen molar-refractivity contribution in [1.29, 1.82) is 0 Å². The highest BCUT2D eigenvalue weighted by Gasteiger charge is 2.22. The van der Waals surface area contributed by atoms with Crippen molar-refractivity contribution in [3.8, 4) is 5.75 Å². The SMILES string of the molecule is OCCN1CCCOc2cccc(c2)CCC2CCCCN2CC1. The van der Waals surface area contributed by atoms with Gasteiger partial charge in [-0.25, -0.2) is 0 Å². The molecule has 2 heterocycles. The number of benzene rings is 1. The lowest BCUT2D eigenvalue weighted by molar-refractivity contribution is 0.109. The molecule has 3 rings (SSSR count). The first kappa shape index (κ1) is 17.7. The van der Waals surface area contributed by atoms with Gasteiger partial charge in [-0.2, -0.15) is 0 Å². The molecular formula is C20H32N2O2. The average Bonchev–Trinajstić information content (AvgIpc) is 2.62. The number of piperidine rings is 1. The zero-order valence-electron chi connectivity index (χ0n) is 14.8. The molecule has 2 aliphatic rings. The maximum absolute atomic E-state index is 9.33. The molecule has 1 unspecified atom stereocenters. The Morgan fingerprint density at radius 2 is 2.00 bits per heavy atom. The Balaban J connectivity index is 1.69. The van der Waals surface area contributed by atoms with E-state index in [4.69, 9.17) is 4.74 Å². The van der Waals surface area contributed by atoms with Crippen LogP contribution in [0.5, 0.6) is 5.75 Å². The van der Waals surface area contributed by atoms with E-state index >= 15 is 0 Å². The highest BCUT2D eigenvalue weighted by atomic mass is 16.5. The lowest BCUT2D eigenvalue weighted by Crippen LogP contribution is -2.45. The van der Waals surface area contributed by atoms with Gasteiger partial charge in [0.15, 0.2) is 0 Å². The zero-order valence-corrected chi connectivity index (χ0v) is 14.8. The molecule has 2 bridgehead atoms. The van der Waals surface area contributed by atoms with Crippen LogP contribution in [0, 0.1) is 0 Å². The highest BCUT2D eigenvalue weighted by Crippen LogP contribution is 2.23. The van der Waals surface area contributed by atoms with E-state index < -0.39 is 0 Å². The largest absolute Gasteiger partial charge is 0.494 e. The van der Waals surface area contributed by atoms with E-state index in [1.54, 1.807) is 0 Å². The Kier molecular flexibility index (Phi) is 6.94. The van der Waals surface area contributed by atoms with Gasteiger partial charge in [0.2, 0.25) is 0 Å². The second kappa shape index (κ2) is 9.40. The summed E-state index contributed by atoms with van der Waals surface area (Å²) in [6, 6.07) is 9.34. The number of aryl methyl sites for hydroxylation is 1. The molecule has 0 saturated carbocycles. The Labute approximate surface area is 146 Å². The maximum Gasteiger partial charge on any atom is 0.119 e. The van der Waals surface area contributed by atoms with Crippen molar-refractivity contribution in [2.45, 2.75) is 44.6 Å². The normalized spacial score (nSPS) is 24.6. The monoisotopic (exact) mass is 332 g/mol. The average molecular weight is 332 g/mol. The van der Waals surface area contributed by atoms with Crippen LogP contribution in [0.3, 0.4) is 0 Å².